The Kier molecular flexibility index (Phi) is 4.37. The van der Waals surface area contributed by atoms with Crippen LogP contribution in [0.25, 0.3) is 0 Å². The molecule has 27 heavy (non-hydrogen) atoms. The van der Waals surface area contributed by atoms with Gasteiger partial charge < -0.3 is 14.6 Å². The van der Waals surface area contributed by atoms with Crippen LogP contribution in [0, 0.1) is 18.8 Å². The van der Waals surface area contributed by atoms with E-state index in [9.17, 15) is 4.79 Å². The van der Waals surface area contributed by atoms with Gasteiger partial charge in [0.05, 0.1) is 0 Å². The van der Waals surface area contributed by atoms with E-state index >= 15 is 0 Å². The molecule has 2 amide bonds. The maximum atomic E-state index is 13.2. The summed E-state index contributed by atoms with van der Waals surface area (Å²) >= 11 is 6.62. The normalized spacial score (nSPS) is 38.8. The molecule has 0 aromatic carbocycles. The van der Waals surface area contributed by atoms with Crippen LogP contribution in [0.15, 0.2) is 4.42 Å². The third kappa shape index (κ3) is 2.86. The molecule has 0 spiro atoms. The van der Waals surface area contributed by atoms with E-state index in [0.29, 0.717) is 23.7 Å². The van der Waals surface area contributed by atoms with Crippen molar-refractivity contribution in [1.82, 2.24) is 20.4 Å². The van der Waals surface area contributed by atoms with Gasteiger partial charge >= 0.3 is 6.03 Å². The van der Waals surface area contributed by atoms with Crippen LogP contribution in [-0.4, -0.2) is 38.6 Å². The molecular formula is C20H29ClN4O2. The first-order chi connectivity index (χ1) is 13.1. The summed E-state index contributed by atoms with van der Waals surface area (Å²) in [4.78, 5) is 15.2. The van der Waals surface area contributed by atoms with E-state index in [1.54, 1.807) is 0 Å². The van der Waals surface area contributed by atoms with Gasteiger partial charge in [0.2, 0.25) is 11.8 Å². The second kappa shape index (κ2) is 6.64. The first-order valence-corrected chi connectivity index (χ1v) is 11.0. The molecule has 5 atom stereocenters. The van der Waals surface area contributed by atoms with Crippen molar-refractivity contribution in [3.8, 4) is 0 Å². The molecule has 2 bridgehead atoms. The minimum absolute atomic E-state index is 0.0483. The average Bonchev–Trinajstić information content (AvgIpc) is 3.03. The Morgan fingerprint density at radius 2 is 2.07 bits per heavy atom. The van der Waals surface area contributed by atoms with Crippen LogP contribution in [0.5, 0.6) is 0 Å². The molecule has 6 nitrogen and oxygen atoms in total. The number of aromatic nitrogens is 2. The number of hydrogen-bond donors (Lipinski definition) is 1. The first kappa shape index (κ1) is 17.8. The number of nitrogens with zero attached hydrogens (tertiary/aromatic N) is 3. The lowest BCUT2D eigenvalue weighted by atomic mass is 9.67. The number of rotatable bonds is 3. The smallest absolute Gasteiger partial charge is 0.318 e. The number of urea groups is 1. The molecule has 4 aliphatic rings. The second-order valence-electron chi connectivity index (χ2n) is 9.11. The zero-order valence-electron chi connectivity index (χ0n) is 16.0. The van der Waals surface area contributed by atoms with Crippen molar-refractivity contribution in [2.75, 3.05) is 0 Å². The highest BCUT2D eigenvalue weighted by atomic mass is 35.5. The van der Waals surface area contributed by atoms with Crippen molar-refractivity contribution in [2.24, 2.45) is 11.8 Å². The molecule has 3 unspecified atom stereocenters. The highest BCUT2D eigenvalue weighted by Gasteiger charge is 2.60. The summed E-state index contributed by atoms with van der Waals surface area (Å²) in [6.45, 7) is 1.81. The molecule has 2 heterocycles. The lowest BCUT2D eigenvalue weighted by molar-refractivity contribution is -0.0959. The molecule has 1 saturated heterocycles. The molecule has 1 N–H and O–H groups in total. The number of amides is 2. The van der Waals surface area contributed by atoms with Gasteiger partial charge in [-0.05, 0) is 50.4 Å². The van der Waals surface area contributed by atoms with E-state index in [-0.39, 0.29) is 23.0 Å². The monoisotopic (exact) mass is 392 g/mol. The first-order valence-electron chi connectivity index (χ1n) is 10.6. The van der Waals surface area contributed by atoms with Gasteiger partial charge in [0.25, 0.3) is 0 Å². The fourth-order valence-electron chi connectivity index (χ4n) is 5.94. The summed E-state index contributed by atoms with van der Waals surface area (Å²) in [5.74, 6) is 2.51. The Morgan fingerprint density at radius 1 is 1.22 bits per heavy atom. The molecule has 7 heteroatoms. The molecule has 0 radical (unpaired) electrons. The molecular weight excluding hydrogens is 364 g/mol. The predicted octanol–water partition coefficient (Wildman–Crippen LogP) is 4.12. The number of aryl methyl sites for hydroxylation is 1. The van der Waals surface area contributed by atoms with Crippen molar-refractivity contribution in [2.45, 2.75) is 94.1 Å². The summed E-state index contributed by atoms with van der Waals surface area (Å²) in [5, 5.41) is 11.9. The standard InChI is InChI=1S/C20H29ClN4O2/c1-12-23-24-18(27-12)20-9-3-6-15(11-20)25(20)19(26)22-14-7-8-17(21)16(10-14)13-4-2-5-13/h13-17H,2-11H2,1H3,(H,22,26)/t14?,15-,16?,17?,20+/m1/s1. The Morgan fingerprint density at radius 3 is 2.74 bits per heavy atom. The maximum Gasteiger partial charge on any atom is 0.318 e. The molecule has 1 aromatic heterocycles. The van der Waals surface area contributed by atoms with Gasteiger partial charge in [-0.2, -0.15) is 0 Å². The molecule has 1 aliphatic heterocycles. The van der Waals surface area contributed by atoms with Gasteiger partial charge in [0.15, 0.2) is 0 Å². The number of hydrogen-bond acceptors (Lipinski definition) is 4. The van der Waals surface area contributed by atoms with Crippen LogP contribution >= 0.6 is 11.6 Å². The number of alkyl halides is 1. The van der Waals surface area contributed by atoms with E-state index in [2.05, 4.69) is 15.5 Å². The zero-order valence-corrected chi connectivity index (χ0v) is 16.7. The Bertz CT molecular complexity index is 715. The molecule has 5 rings (SSSR count). The SMILES string of the molecule is Cc1nnc([C@]23CCC[C@H](C2)N3C(=O)NC2CCC(Cl)C(C3CCC3)C2)o1. The van der Waals surface area contributed by atoms with E-state index in [1.807, 2.05) is 11.8 Å². The fourth-order valence-corrected chi connectivity index (χ4v) is 6.38. The predicted molar refractivity (Wildman–Crippen MR) is 101 cm³/mol. The van der Waals surface area contributed by atoms with Crippen molar-refractivity contribution >= 4 is 17.6 Å². The van der Waals surface area contributed by atoms with Crippen LogP contribution in [0.4, 0.5) is 4.79 Å². The summed E-state index contributed by atoms with van der Waals surface area (Å²) in [6, 6.07) is 0.589. The van der Waals surface area contributed by atoms with E-state index in [0.717, 1.165) is 50.9 Å². The number of nitrogens with one attached hydrogen (secondary N) is 1. The van der Waals surface area contributed by atoms with Crippen LogP contribution in [0.3, 0.4) is 0 Å². The van der Waals surface area contributed by atoms with E-state index in [1.165, 1.54) is 19.3 Å². The van der Waals surface area contributed by atoms with Crippen molar-refractivity contribution in [3.63, 3.8) is 0 Å². The Balaban J connectivity index is 1.29. The highest BCUT2D eigenvalue weighted by molar-refractivity contribution is 6.20. The van der Waals surface area contributed by atoms with Gasteiger partial charge in [-0.25, -0.2) is 4.79 Å². The van der Waals surface area contributed by atoms with Gasteiger partial charge in [0, 0.05) is 30.8 Å². The number of fused-ring (bicyclic) bond motifs is 2. The van der Waals surface area contributed by atoms with Crippen molar-refractivity contribution < 1.29 is 9.21 Å². The number of carbonyl (C=O) groups excluding carboxylic acids is 1. The maximum absolute atomic E-state index is 13.2. The zero-order chi connectivity index (χ0) is 18.6. The molecule has 148 valence electrons. The Labute approximate surface area is 165 Å². The quantitative estimate of drug-likeness (QED) is 0.785. The second-order valence-corrected chi connectivity index (χ2v) is 9.67. The van der Waals surface area contributed by atoms with Crippen molar-refractivity contribution in [3.05, 3.63) is 11.8 Å². The summed E-state index contributed by atoms with van der Waals surface area (Å²) in [5.41, 5.74) is -0.384. The van der Waals surface area contributed by atoms with Gasteiger partial charge in [-0.3, -0.25) is 0 Å². The number of carbonyl (C=O) groups is 1. The van der Waals surface area contributed by atoms with Gasteiger partial charge in [-0.15, -0.1) is 21.8 Å². The largest absolute Gasteiger partial charge is 0.423 e. The minimum Gasteiger partial charge on any atom is -0.423 e. The van der Waals surface area contributed by atoms with Crippen LogP contribution in [-0.2, 0) is 5.54 Å². The minimum atomic E-state index is -0.384. The summed E-state index contributed by atoms with van der Waals surface area (Å²) in [7, 11) is 0. The van der Waals surface area contributed by atoms with Gasteiger partial charge in [0.1, 0.15) is 5.54 Å². The van der Waals surface area contributed by atoms with Crippen LogP contribution in [0.2, 0.25) is 0 Å². The lowest BCUT2D eigenvalue weighted by Gasteiger charge is -2.60. The third-order valence-electron chi connectivity index (χ3n) is 7.57. The number of piperidine rings is 1. The number of likely N-dealkylation sites (tertiary alicyclic amines) is 1. The van der Waals surface area contributed by atoms with E-state index < -0.39 is 0 Å². The van der Waals surface area contributed by atoms with Crippen molar-refractivity contribution in [1.29, 1.82) is 0 Å². The highest BCUT2D eigenvalue weighted by Crippen LogP contribution is 2.53. The topological polar surface area (TPSA) is 71.3 Å². The fraction of sp³-hybridized carbons (Fsp3) is 0.850. The molecule has 4 fully saturated rings. The average molecular weight is 393 g/mol. The number of halogens is 1. The van der Waals surface area contributed by atoms with E-state index in [4.69, 9.17) is 16.0 Å². The Hall–Kier alpha value is -1.30. The molecule has 3 saturated carbocycles. The molecule has 3 aliphatic carbocycles. The third-order valence-corrected chi connectivity index (χ3v) is 8.11. The lowest BCUT2D eigenvalue weighted by Crippen LogP contribution is -2.70. The molecule has 1 aromatic rings. The van der Waals surface area contributed by atoms with Crippen LogP contribution < -0.4 is 5.32 Å². The summed E-state index contributed by atoms with van der Waals surface area (Å²) < 4.78 is 5.76. The summed E-state index contributed by atoms with van der Waals surface area (Å²) in [6.07, 6.45) is 11.0. The van der Waals surface area contributed by atoms with Crippen LogP contribution in [0.1, 0.15) is 76.0 Å². The van der Waals surface area contributed by atoms with Gasteiger partial charge in [-0.1, -0.05) is 19.3 Å².